The summed E-state index contributed by atoms with van der Waals surface area (Å²) in [5, 5.41) is 11.8. The molecule has 5 aromatic rings. The average Bonchev–Trinajstić information content (AvgIpc) is 2.92. The van der Waals surface area contributed by atoms with Crippen LogP contribution in [0.5, 0.6) is 0 Å². The van der Waals surface area contributed by atoms with Crippen molar-refractivity contribution in [2.75, 3.05) is 4.90 Å². The minimum absolute atomic E-state index is 0.00731. The highest BCUT2D eigenvalue weighted by atomic mass is 79.9. The molecule has 0 bridgehead atoms. The number of hydrogen-bond donors (Lipinski definition) is 0. The van der Waals surface area contributed by atoms with E-state index in [1.807, 2.05) is 84.9 Å². The Morgan fingerprint density at radius 1 is 0.861 bits per heavy atom. The van der Waals surface area contributed by atoms with Crippen LogP contribution in [-0.4, -0.2) is 15.8 Å². The van der Waals surface area contributed by atoms with Crippen LogP contribution in [0.25, 0.3) is 22.2 Å². The standard InChI is InChI=1S/C29H20BrN3O3/c30-22-12-16-23(17-13-22)32(19-20-10-14-24(15-11-20)33(35)36)29(34)26-18-28(21-6-2-1-3-7-21)31-27-9-5-4-8-25(26)27/h1-18H,19H2. The fourth-order valence-corrected chi connectivity index (χ4v) is 4.33. The van der Waals surface area contributed by atoms with Crippen LogP contribution in [0.4, 0.5) is 11.4 Å². The lowest BCUT2D eigenvalue weighted by atomic mass is 10.0. The Hall–Kier alpha value is -4.36. The van der Waals surface area contributed by atoms with Crippen LogP contribution in [0.2, 0.25) is 0 Å². The highest BCUT2D eigenvalue weighted by Gasteiger charge is 2.22. The van der Waals surface area contributed by atoms with Gasteiger partial charge in [-0.25, -0.2) is 4.98 Å². The first-order valence-electron chi connectivity index (χ1n) is 11.3. The van der Waals surface area contributed by atoms with E-state index >= 15 is 0 Å². The quantitative estimate of drug-likeness (QED) is 0.167. The monoisotopic (exact) mass is 537 g/mol. The van der Waals surface area contributed by atoms with E-state index in [0.717, 1.165) is 26.5 Å². The summed E-state index contributed by atoms with van der Waals surface area (Å²) in [4.78, 5) is 31.3. The maximum atomic E-state index is 14.2. The minimum atomic E-state index is -0.435. The molecule has 0 aliphatic heterocycles. The molecule has 0 radical (unpaired) electrons. The molecular formula is C29H20BrN3O3. The number of pyridine rings is 1. The van der Waals surface area contributed by atoms with Gasteiger partial charge in [0, 0.05) is 33.2 Å². The van der Waals surface area contributed by atoms with Crippen molar-refractivity contribution in [2.45, 2.75) is 6.54 Å². The third-order valence-electron chi connectivity index (χ3n) is 5.89. The summed E-state index contributed by atoms with van der Waals surface area (Å²) in [6.07, 6.45) is 0. The SMILES string of the molecule is O=C(c1cc(-c2ccccc2)nc2ccccc12)N(Cc1ccc([N+](=O)[O-])cc1)c1ccc(Br)cc1. The number of carbonyl (C=O) groups is 1. The number of amides is 1. The highest BCUT2D eigenvalue weighted by molar-refractivity contribution is 9.10. The summed E-state index contributed by atoms with van der Waals surface area (Å²) in [6.45, 7) is 0.246. The normalized spacial score (nSPS) is 10.8. The first-order chi connectivity index (χ1) is 17.5. The van der Waals surface area contributed by atoms with E-state index < -0.39 is 4.92 Å². The third-order valence-corrected chi connectivity index (χ3v) is 6.42. The van der Waals surface area contributed by atoms with Gasteiger partial charge in [0.05, 0.1) is 28.2 Å². The van der Waals surface area contributed by atoms with Gasteiger partial charge in [-0.05, 0) is 42.0 Å². The van der Waals surface area contributed by atoms with Gasteiger partial charge in [0.2, 0.25) is 0 Å². The predicted octanol–water partition coefficient (Wildman–Crippen LogP) is 7.42. The Morgan fingerprint density at radius 3 is 2.22 bits per heavy atom. The van der Waals surface area contributed by atoms with Crippen molar-refractivity contribution >= 4 is 44.1 Å². The average molecular weight is 538 g/mol. The van der Waals surface area contributed by atoms with E-state index in [9.17, 15) is 14.9 Å². The van der Waals surface area contributed by atoms with Crippen molar-refractivity contribution in [3.8, 4) is 11.3 Å². The zero-order valence-electron chi connectivity index (χ0n) is 19.0. The molecule has 0 atom stereocenters. The van der Waals surface area contributed by atoms with Crippen LogP contribution < -0.4 is 4.90 Å². The number of anilines is 1. The number of benzene rings is 4. The zero-order valence-corrected chi connectivity index (χ0v) is 20.6. The molecule has 0 aliphatic rings. The Morgan fingerprint density at radius 2 is 1.53 bits per heavy atom. The summed E-state index contributed by atoms with van der Waals surface area (Å²) < 4.78 is 0.898. The van der Waals surface area contributed by atoms with Gasteiger partial charge in [0.1, 0.15) is 0 Å². The number of carbonyl (C=O) groups excluding carboxylic acids is 1. The van der Waals surface area contributed by atoms with Crippen molar-refractivity contribution in [2.24, 2.45) is 0 Å². The first kappa shape index (κ1) is 23.4. The topological polar surface area (TPSA) is 76.3 Å². The minimum Gasteiger partial charge on any atom is -0.304 e. The molecule has 0 N–H and O–H groups in total. The van der Waals surface area contributed by atoms with Gasteiger partial charge in [-0.3, -0.25) is 14.9 Å². The van der Waals surface area contributed by atoms with Crippen molar-refractivity contribution in [1.82, 2.24) is 4.98 Å². The molecule has 0 spiro atoms. The number of hydrogen-bond acceptors (Lipinski definition) is 4. The van der Waals surface area contributed by atoms with Crippen molar-refractivity contribution in [3.05, 3.63) is 135 Å². The van der Waals surface area contributed by atoms with Crippen LogP contribution in [0.15, 0.2) is 114 Å². The summed E-state index contributed by atoms with van der Waals surface area (Å²) in [5.74, 6) is -0.188. The molecule has 7 heteroatoms. The van der Waals surface area contributed by atoms with Crippen molar-refractivity contribution in [1.29, 1.82) is 0 Å². The number of halogens is 1. The van der Waals surface area contributed by atoms with Gasteiger partial charge in [-0.2, -0.15) is 0 Å². The number of non-ortho nitro benzene ring substituents is 1. The van der Waals surface area contributed by atoms with Gasteiger partial charge in [-0.1, -0.05) is 76.6 Å². The molecule has 1 amide bonds. The third kappa shape index (κ3) is 4.87. The van der Waals surface area contributed by atoms with Crippen LogP contribution in [0, 0.1) is 10.1 Å². The van der Waals surface area contributed by atoms with Gasteiger partial charge >= 0.3 is 0 Å². The molecule has 1 aromatic heterocycles. The zero-order chi connectivity index (χ0) is 25.1. The highest BCUT2D eigenvalue weighted by Crippen LogP contribution is 2.29. The number of para-hydroxylation sites is 1. The predicted molar refractivity (Wildman–Crippen MR) is 145 cm³/mol. The molecule has 0 unspecified atom stereocenters. The van der Waals surface area contributed by atoms with Gasteiger partial charge < -0.3 is 4.90 Å². The van der Waals surface area contributed by atoms with E-state index in [0.29, 0.717) is 16.9 Å². The van der Waals surface area contributed by atoms with Crippen LogP contribution in [0.1, 0.15) is 15.9 Å². The van der Waals surface area contributed by atoms with Crippen molar-refractivity contribution < 1.29 is 9.72 Å². The number of rotatable bonds is 6. The maximum absolute atomic E-state index is 14.2. The maximum Gasteiger partial charge on any atom is 0.269 e. The molecular weight excluding hydrogens is 518 g/mol. The molecule has 0 aliphatic carbocycles. The number of aromatic nitrogens is 1. The molecule has 36 heavy (non-hydrogen) atoms. The fourth-order valence-electron chi connectivity index (χ4n) is 4.06. The van der Waals surface area contributed by atoms with Crippen LogP contribution >= 0.6 is 15.9 Å². The summed E-state index contributed by atoms with van der Waals surface area (Å²) in [7, 11) is 0. The summed E-state index contributed by atoms with van der Waals surface area (Å²) >= 11 is 3.46. The lowest BCUT2D eigenvalue weighted by Gasteiger charge is -2.24. The van der Waals surface area contributed by atoms with Crippen molar-refractivity contribution in [3.63, 3.8) is 0 Å². The first-order valence-corrected chi connectivity index (χ1v) is 12.0. The van der Waals surface area contributed by atoms with E-state index in [-0.39, 0.29) is 18.1 Å². The number of nitro groups is 1. The lowest BCUT2D eigenvalue weighted by Crippen LogP contribution is -2.30. The Labute approximate surface area is 216 Å². The molecule has 6 nitrogen and oxygen atoms in total. The second-order valence-electron chi connectivity index (χ2n) is 8.23. The molecule has 4 aromatic carbocycles. The second kappa shape index (κ2) is 10.1. The van der Waals surface area contributed by atoms with Gasteiger partial charge in [-0.15, -0.1) is 0 Å². The Balaban J connectivity index is 1.62. The van der Waals surface area contributed by atoms with Crippen LogP contribution in [-0.2, 0) is 6.54 Å². The molecule has 0 saturated carbocycles. The van der Waals surface area contributed by atoms with Gasteiger partial charge in [0.25, 0.3) is 11.6 Å². The van der Waals surface area contributed by atoms with E-state index in [1.165, 1.54) is 12.1 Å². The number of nitro benzene ring substituents is 1. The molecule has 176 valence electrons. The van der Waals surface area contributed by atoms with E-state index in [1.54, 1.807) is 17.0 Å². The number of fused-ring (bicyclic) bond motifs is 1. The Bertz CT molecular complexity index is 1550. The molecule has 0 fully saturated rings. The smallest absolute Gasteiger partial charge is 0.269 e. The fraction of sp³-hybridized carbons (Fsp3) is 0.0345. The largest absolute Gasteiger partial charge is 0.304 e. The van der Waals surface area contributed by atoms with Gasteiger partial charge in [0.15, 0.2) is 0 Å². The molecule has 5 rings (SSSR count). The molecule has 0 saturated heterocycles. The summed E-state index contributed by atoms with van der Waals surface area (Å²) in [6, 6.07) is 33.0. The van der Waals surface area contributed by atoms with E-state index in [2.05, 4.69) is 15.9 Å². The van der Waals surface area contributed by atoms with Crippen LogP contribution in [0.3, 0.4) is 0 Å². The van der Waals surface area contributed by atoms with E-state index in [4.69, 9.17) is 4.98 Å². The number of nitrogens with zero attached hydrogens (tertiary/aromatic N) is 3. The Kier molecular flexibility index (Phi) is 6.56. The lowest BCUT2D eigenvalue weighted by molar-refractivity contribution is -0.384. The summed E-state index contributed by atoms with van der Waals surface area (Å²) in [5.41, 5.74) is 4.39. The second-order valence-corrected chi connectivity index (χ2v) is 9.15. The molecule has 1 heterocycles.